The molecule has 24 heavy (non-hydrogen) atoms. The number of fused-ring (bicyclic) bond motifs is 4. The zero-order chi connectivity index (χ0) is 16.4. The van der Waals surface area contributed by atoms with Crippen LogP contribution < -0.4 is 0 Å². The van der Waals surface area contributed by atoms with Crippen molar-refractivity contribution in [2.45, 2.75) is 31.8 Å². The van der Waals surface area contributed by atoms with Gasteiger partial charge < -0.3 is 9.30 Å². The number of methoxy groups -OCH3 is 1. The van der Waals surface area contributed by atoms with Gasteiger partial charge in [-0.15, -0.1) is 0 Å². The van der Waals surface area contributed by atoms with Crippen molar-refractivity contribution in [3.63, 3.8) is 0 Å². The molecule has 5 rings (SSSR count). The van der Waals surface area contributed by atoms with Gasteiger partial charge in [0, 0.05) is 35.6 Å². The molecule has 4 heterocycles. The van der Waals surface area contributed by atoms with E-state index in [2.05, 4.69) is 46.7 Å². The van der Waals surface area contributed by atoms with Gasteiger partial charge in [0.1, 0.15) is 6.04 Å². The Kier molecular flexibility index (Phi) is 2.95. The van der Waals surface area contributed by atoms with E-state index in [1.165, 1.54) is 34.8 Å². The van der Waals surface area contributed by atoms with Crippen molar-refractivity contribution in [3.05, 3.63) is 47.2 Å². The SMILES string of the molecule is C/C=C1/CN2CCc3c4n(c5ccccc35)[C@H](C(=O)OC)[C@@H]1C[C@@H]42. The summed E-state index contributed by atoms with van der Waals surface area (Å²) in [6, 6.07) is 8.75. The van der Waals surface area contributed by atoms with Gasteiger partial charge in [0.25, 0.3) is 0 Å². The van der Waals surface area contributed by atoms with Crippen molar-refractivity contribution >= 4 is 16.9 Å². The molecule has 4 nitrogen and oxygen atoms in total. The molecule has 0 aliphatic carbocycles. The maximum Gasteiger partial charge on any atom is 0.329 e. The van der Waals surface area contributed by atoms with Crippen molar-refractivity contribution in [1.29, 1.82) is 0 Å². The first-order valence-electron chi connectivity index (χ1n) is 8.83. The number of ether oxygens (including phenoxy) is 1. The fraction of sp³-hybridized carbons (Fsp3) is 0.450. The number of carbonyl (C=O) groups excluding carboxylic acids is 1. The second-order valence-corrected chi connectivity index (χ2v) is 7.16. The summed E-state index contributed by atoms with van der Waals surface area (Å²) >= 11 is 0. The zero-order valence-corrected chi connectivity index (χ0v) is 14.2. The number of aromatic nitrogens is 1. The number of benzene rings is 1. The maximum atomic E-state index is 12.8. The first-order chi connectivity index (χ1) is 11.7. The van der Waals surface area contributed by atoms with Gasteiger partial charge in [0.05, 0.1) is 13.2 Å². The van der Waals surface area contributed by atoms with E-state index in [-0.39, 0.29) is 17.9 Å². The monoisotopic (exact) mass is 322 g/mol. The zero-order valence-electron chi connectivity index (χ0n) is 14.2. The number of carbonyl (C=O) groups is 1. The van der Waals surface area contributed by atoms with Crippen LogP contribution in [0.1, 0.15) is 36.7 Å². The van der Waals surface area contributed by atoms with Crippen molar-refractivity contribution < 1.29 is 9.53 Å². The Balaban J connectivity index is 1.86. The van der Waals surface area contributed by atoms with Crippen molar-refractivity contribution in [3.8, 4) is 0 Å². The molecule has 0 saturated carbocycles. The second kappa shape index (κ2) is 4.96. The number of allylic oxidation sites excluding steroid dienone is 1. The quantitative estimate of drug-likeness (QED) is 0.597. The lowest BCUT2D eigenvalue weighted by molar-refractivity contribution is -0.147. The smallest absolute Gasteiger partial charge is 0.329 e. The first-order valence-corrected chi connectivity index (χ1v) is 8.83. The maximum absolute atomic E-state index is 12.8. The first kappa shape index (κ1) is 14.3. The normalized spacial score (nSPS) is 29.9. The number of nitrogens with zero attached hydrogens (tertiary/aromatic N) is 2. The molecule has 0 radical (unpaired) electrons. The molecule has 1 fully saturated rings. The van der Waals surface area contributed by atoms with E-state index in [1.807, 2.05) is 0 Å². The lowest BCUT2D eigenvalue weighted by Gasteiger charge is -2.50. The molecule has 1 aromatic carbocycles. The van der Waals surface area contributed by atoms with Crippen LogP contribution in [0.2, 0.25) is 0 Å². The number of piperidine rings is 1. The lowest BCUT2D eigenvalue weighted by Crippen LogP contribution is -2.50. The third kappa shape index (κ3) is 1.64. The predicted octanol–water partition coefficient (Wildman–Crippen LogP) is 3.23. The largest absolute Gasteiger partial charge is 0.467 e. The number of hydrogen-bond acceptors (Lipinski definition) is 3. The molecule has 2 bridgehead atoms. The summed E-state index contributed by atoms with van der Waals surface area (Å²) in [4.78, 5) is 15.4. The molecule has 3 atom stereocenters. The van der Waals surface area contributed by atoms with Gasteiger partial charge in [0.15, 0.2) is 0 Å². The Hall–Kier alpha value is -2.07. The predicted molar refractivity (Wildman–Crippen MR) is 92.9 cm³/mol. The number of esters is 1. The van der Waals surface area contributed by atoms with E-state index >= 15 is 0 Å². The third-order valence-electron chi connectivity index (χ3n) is 6.27. The molecule has 0 amide bonds. The van der Waals surface area contributed by atoms with Crippen LogP contribution in [0.4, 0.5) is 0 Å². The second-order valence-electron chi connectivity index (χ2n) is 7.16. The van der Waals surface area contributed by atoms with Gasteiger partial charge >= 0.3 is 5.97 Å². The molecule has 124 valence electrons. The highest BCUT2D eigenvalue weighted by atomic mass is 16.5. The molecule has 3 aliphatic heterocycles. The highest BCUT2D eigenvalue weighted by Gasteiger charge is 2.49. The minimum absolute atomic E-state index is 0.111. The van der Waals surface area contributed by atoms with Gasteiger partial charge in [-0.3, -0.25) is 4.90 Å². The standard InChI is InChI=1S/C20H22N2O2/c1-3-12-11-21-9-8-14-13-6-4-5-7-16(13)22-18(14)17(21)10-15(12)19(22)20(23)24-2/h3-7,15,17,19H,8-11H2,1-2H3/b12-3-/t15-,17+,19+/m1/s1. The van der Waals surface area contributed by atoms with Crippen molar-refractivity contribution in [1.82, 2.24) is 9.47 Å². The molecular weight excluding hydrogens is 300 g/mol. The van der Waals surface area contributed by atoms with Crippen LogP contribution in [0.3, 0.4) is 0 Å². The minimum Gasteiger partial charge on any atom is -0.467 e. The summed E-state index contributed by atoms with van der Waals surface area (Å²) in [5.74, 6) is 0.137. The van der Waals surface area contributed by atoms with Gasteiger partial charge in [-0.2, -0.15) is 0 Å². The highest BCUT2D eigenvalue weighted by Crippen LogP contribution is 2.53. The Morgan fingerprint density at radius 1 is 1.33 bits per heavy atom. The van der Waals surface area contributed by atoms with Crippen LogP contribution in [0.25, 0.3) is 10.9 Å². The van der Waals surface area contributed by atoms with Gasteiger partial charge in [-0.25, -0.2) is 4.79 Å². The van der Waals surface area contributed by atoms with E-state index in [9.17, 15) is 4.79 Å². The van der Waals surface area contributed by atoms with E-state index in [0.717, 1.165) is 25.9 Å². The average molecular weight is 322 g/mol. The molecule has 0 unspecified atom stereocenters. The van der Waals surface area contributed by atoms with Gasteiger partial charge in [-0.05, 0) is 31.4 Å². The number of hydrogen-bond donors (Lipinski definition) is 0. The highest BCUT2D eigenvalue weighted by molar-refractivity contribution is 5.89. The summed E-state index contributed by atoms with van der Waals surface area (Å²) in [6.07, 6.45) is 4.31. The minimum atomic E-state index is -0.230. The summed E-state index contributed by atoms with van der Waals surface area (Å²) in [6.45, 7) is 4.20. The Morgan fingerprint density at radius 3 is 2.96 bits per heavy atom. The van der Waals surface area contributed by atoms with E-state index < -0.39 is 0 Å². The third-order valence-corrected chi connectivity index (χ3v) is 6.27. The van der Waals surface area contributed by atoms with Crippen LogP contribution in [0.15, 0.2) is 35.9 Å². The fourth-order valence-electron chi connectivity index (χ4n) is 5.26. The van der Waals surface area contributed by atoms with Crippen LogP contribution in [-0.2, 0) is 16.0 Å². The number of rotatable bonds is 1. The molecule has 2 aromatic rings. The fourth-order valence-corrected chi connectivity index (χ4v) is 5.26. The molecule has 0 spiro atoms. The van der Waals surface area contributed by atoms with E-state index in [0.29, 0.717) is 6.04 Å². The molecule has 1 aromatic heterocycles. The summed E-state index contributed by atoms with van der Waals surface area (Å²) in [5, 5.41) is 1.32. The van der Waals surface area contributed by atoms with Crippen molar-refractivity contribution in [2.24, 2.45) is 5.92 Å². The van der Waals surface area contributed by atoms with Crippen LogP contribution in [0, 0.1) is 5.92 Å². The molecular formula is C20H22N2O2. The van der Waals surface area contributed by atoms with Crippen LogP contribution >= 0.6 is 0 Å². The van der Waals surface area contributed by atoms with Crippen LogP contribution in [-0.4, -0.2) is 35.6 Å². The molecule has 0 N–H and O–H groups in total. The topological polar surface area (TPSA) is 34.5 Å². The number of para-hydroxylation sites is 1. The Morgan fingerprint density at radius 2 is 2.17 bits per heavy atom. The molecule has 3 aliphatic rings. The molecule has 1 saturated heterocycles. The lowest BCUT2D eigenvalue weighted by atomic mass is 9.75. The summed E-state index contributed by atoms with van der Waals surface area (Å²) < 4.78 is 7.54. The van der Waals surface area contributed by atoms with Crippen molar-refractivity contribution in [2.75, 3.05) is 20.2 Å². The Bertz CT molecular complexity index is 879. The summed E-state index contributed by atoms with van der Waals surface area (Å²) in [5.41, 5.74) is 5.38. The van der Waals surface area contributed by atoms with Crippen LogP contribution in [0.5, 0.6) is 0 Å². The van der Waals surface area contributed by atoms with Gasteiger partial charge in [0.2, 0.25) is 0 Å². The average Bonchev–Trinajstić information content (AvgIpc) is 2.96. The van der Waals surface area contributed by atoms with E-state index in [4.69, 9.17) is 4.74 Å². The molecule has 4 heteroatoms. The Labute approximate surface area is 141 Å². The summed E-state index contributed by atoms with van der Waals surface area (Å²) in [7, 11) is 1.51. The van der Waals surface area contributed by atoms with Gasteiger partial charge in [-0.1, -0.05) is 29.8 Å². The van der Waals surface area contributed by atoms with E-state index in [1.54, 1.807) is 0 Å².